The van der Waals surface area contributed by atoms with E-state index in [1.54, 1.807) is 0 Å². The summed E-state index contributed by atoms with van der Waals surface area (Å²) in [5.74, 6) is 0. The van der Waals surface area contributed by atoms with Crippen LogP contribution in [0.3, 0.4) is 0 Å². The van der Waals surface area contributed by atoms with Crippen molar-refractivity contribution >= 4 is 0 Å². The number of aliphatic hydroxyl groups is 1. The molecule has 0 spiro atoms. The van der Waals surface area contributed by atoms with Gasteiger partial charge in [0.15, 0.2) is 0 Å². The lowest BCUT2D eigenvalue weighted by molar-refractivity contribution is 0.0743. The standard InChI is InChI=1S/C18H26N4O/c1-15-3-5-17(6-4-15)22-13-16(11-19-22)12-21-9-8-20(2)18(14-21)7-10-23/h3-6,11,13,18,23H,7-10,12,14H2,1-2H3/t18-/m0/s1. The fourth-order valence-electron chi connectivity index (χ4n) is 3.15. The number of benzene rings is 1. The molecular weight excluding hydrogens is 288 g/mol. The zero-order valence-corrected chi connectivity index (χ0v) is 14.0. The predicted molar refractivity (Wildman–Crippen MR) is 91.7 cm³/mol. The Kier molecular flexibility index (Phi) is 5.10. The maximum atomic E-state index is 9.20. The summed E-state index contributed by atoms with van der Waals surface area (Å²) in [5.41, 5.74) is 3.59. The Morgan fingerprint density at radius 2 is 2.00 bits per heavy atom. The first-order valence-electron chi connectivity index (χ1n) is 8.30. The fraction of sp³-hybridized carbons (Fsp3) is 0.500. The van der Waals surface area contributed by atoms with E-state index in [0.717, 1.165) is 38.3 Å². The maximum Gasteiger partial charge on any atom is 0.0645 e. The molecule has 3 rings (SSSR count). The molecule has 0 radical (unpaired) electrons. The number of nitrogens with zero attached hydrogens (tertiary/aromatic N) is 4. The lowest BCUT2D eigenvalue weighted by Crippen LogP contribution is -2.51. The van der Waals surface area contributed by atoms with E-state index in [0.29, 0.717) is 6.04 Å². The Morgan fingerprint density at radius 3 is 2.74 bits per heavy atom. The fourth-order valence-corrected chi connectivity index (χ4v) is 3.15. The molecule has 1 aromatic carbocycles. The van der Waals surface area contributed by atoms with Crippen LogP contribution in [0.1, 0.15) is 17.5 Å². The minimum absolute atomic E-state index is 0.258. The smallest absolute Gasteiger partial charge is 0.0645 e. The van der Waals surface area contributed by atoms with Crippen LogP contribution in [0.25, 0.3) is 5.69 Å². The second kappa shape index (κ2) is 7.25. The van der Waals surface area contributed by atoms with Gasteiger partial charge in [-0.2, -0.15) is 5.10 Å². The molecule has 2 heterocycles. The van der Waals surface area contributed by atoms with Gasteiger partial charge >= 0.3 is 0 Å². The molecule has 23 heavy (non-hydrogen) atoms. The van der Waals surface area contributed by atoms with Crippen LogP contribution in [0.15, 0.2) is 36.7 Å². The van der Waals surface area contributed by atoms with E-state index in [9.17, 15) is 5.11 Å². The van der Waals surface area contributed by atoms with Gasteiger partial charge in [0.05, 0.1) is 11.9 Å². The van der Waals surface area contributed by atoms with E-state index in [-0.39, 0.29) is 6.61 Å². The topological polar surface area (TPSA) is 44.5 Å². The highest BCUT2D eigenvalue weighted by atomic mass is 16.3. The SMILES string of the molecule is Cc1ccc(-n2cc(CN3CCN(C)[C@@H](CCO)C3)cn2)cc1. The molecule has 1 aromatic heterocycles. The number of hydrogen-bond donors (Lipinski definition) is 1. The molecule has 5 nitrogen and oxygen atoms in total. The normalized spacial score (nSPS) is 20.0. The van der Waals surface area contributed by atoms with Crippen molar-refractivity contribution in [3.05, 3.63) is 47.8 Å². The van der Waals surface area contributed by atoms with Crippen LogP contribution in [0.2, 0.25) is 0 Å². The van der Waals surface area contributed by atoms with Crippen LogP contribution >= 0.6 is 0 Å². The summed E-state index contributed by atoms with van der Waals surface area (Å²) in [4.78, 5) is 4.80. The van der Waals surface area contributed by atoms with Crippen molar-refractivity contribution in [1.29, 1.82) is 0 Å². The average molecular weight is 314 g/mol. The number of hydrogen-bond acceptors (Lipinski definition) is 4. The molecule has 2 aromatic rings. The summed E-state index contributed by atoms with van der Waals surface area (Å²) < 4.78 is 1.94. The largest absolute Gasteiger partial charge is 0.396 e. The van der Waals surface area contributed by atoms with Gasteiger partial charge in [0, 0.05) is 50.6 Å². The molecule has 0 amide bonds. The van der Waals surface area contributed by atoms with Gasteiger partial charge in [-0.1, -0.05) is 17.7 Å². The molecule has 1 aliphatic rings. The number of likely N-dealkylation sites (N-methyl/N-ethyl adjacent to an activating group) is 1. The summed E-state index contributed by atoms with van der Waals surface area (Å²) in [5, 5.41) is 13.7. The first-order valence-corrected chi connectivity index (χ1v) is 8.30. The second-order valence-corrected chi connectivity index (χ2v) is 6.51. The molecule has 1 saturated heterocycles. The number of piperazine rings is 1. The summed E-state index contributed by atoms with van der Waals surface area (Å²) in [6, 6.07) is 8.85. The van der Waals surface area contributed by atoms with Crippen molar-refractivity contribution < 1.29 is 5.11 Å². The van der Waals surface area contributed by atoms with E-state index in [4.69, 9.17) is 0 Å². The van der Waals surface area contributed by atoms with E-state index in [1.165, 1.54) is 11.1 Å². The van der Waals surface area contributed by atoms with E-state index < -0.39 is 0 Å². The van der Waals surface area contributed by atoms with Crippen LogP contribution in [0.5, 0.6) is 0 Å². The van der Waals surface area contributed by atoms with Crippen LogP contribution in [0.4, 0.5) is 0 Å². The van der Waals surface area contributed by atoms with Crippen LogP contribution in [-0.4, -0.2) is 64.0 Å². The van der Waals surface area contributed by atoms with E-state index in [1.807, 2.05) is 10.9 Å². The van der Waals surface area contributed by atoms with E-state index >= 15 is 0 Å². The molecule has 0 aliphatic carbocycles. The molecule has 1 N–H and O–H groups in total. The lowest BCUT2D eigenvalue weighted by Gasteiger charge is -2.39. The summed E-state index contributed by atoms with van der Waals surface area (Å²) in [6.45, 7) is 6.39. The third-order valence-electron chi connectivity index (χ3n) is 4.66. The predicted octanol–water partition coefficient (Wildman–Crippen LogP) is 1.68. The van der Waals surface area contributed by atoms with Gasteiger partial charge in [-0.15, -0.1) is 0 Å². The van der Waals surface area contributed by atoms with Crippen LogP contribution in [-0.2, 0) is 6.54 Å². The van der Waals surface area contributed by atoms with Crippen LogP contribution < -0.4 is 0 Å². The highest BCUT2D eigenvalue weighted by Crippen LogP contribution is 2.15. The quantitative estimate of drug-likeness (QED) is 0.912. The highest BCUT2D eigenvalue weighted by Gasteiger charge is 2.23. The van der Waals surface area contributed by atoms with Gasteiger partial charge in [-0.05, 0) is 32.5 Å². The first-order chi connectivity index (χ1) is 11.2. The molecule has 0 bridgehead atoms. The zero-order chi connectivity index (χ0) is 16.2. The van der Waals surface area contributed by atoms with Crippen molar-refractivity contribution in [2.24, 2.45) is 0 Å². The molecule has 1 aliphatic heterocycles. The van der Waals surface area contributed by atoms with Crippen molar-refractivity contribution in [3.8, 4) is 5.69 Å². The Morgan fingerprint density at radius 1 is 1.22 bits per heavy atom. The number of rotatable bonds is 5. The minimum Gasteiger partial charge on any atom is -0.396 e. The van der Waals surface area contributed by atoms with Gasteiger partial charge in [0.25, 0.3) is 0 Å². The monoisotopic (exact) mass is 314 g/mol. The Hall–Kier alpha value is -1.69. The summed E-state index contributed by atoms with van der Waals surface area (Å²) in [6.07, 6.45) is 4.92. The Bertz CT molecular complexity index is 622. The second-order valence-electron chi connectivity index (χ2n) is 6.51. The van der Waals surface area contributed by atoms with Crippen molar-refractivity contribution in [3.63, 3.8) is 0 Å². The first kappa shape index (κ1) is 16.2. The van der Waals surface area contributed by atoms with Gasteiger partial charge in [0.2, 0.25) is 0 Å². The van der Waals surface area contributed by atoms with Crippen molar-refractivity contribution in [2.45, 2.75) is 25.9 Å². The molecule has 0 saturated carbocycles. The molecule has 0 unspecified atom stereocenters. The third kappa shape index (κ3) is 3.99. The third-order valence-corrected chi connectivity index (χ3v) is 4.66. The molecule has 1 atom stereocenters. The van der Waals surface area contributed by atoms with Crippen LogP contribution in [0, 0.1) is 6.92 Å². The molecule has 124 valence electrons. The lowest BCUT2D eigenvalue weighted by atomic mass is 10.1. The number of aromatic nitrogens is 2. The maximum absolute atomic E-state index is 9.20. The summed E-state index contributed by atoms with van der Waals surface area (Å²) in [7, 11) is 2.15. The van der Waals surface area contributed by atoms with E-state index in [2.05, 4.69) is 59.3 Å². The number of aryl methyl sites for hydroxylation is 1. The van der Waals surface area contributed by atoms with Crippen molar-refractivity contribution in [1.82, 2.24) is 19.6 Å². The molecule has 1 fully saturated rings. The summed E-state index contributed by atoms with van der Waals surface area (Å²) >= 11 is 0. The Balaban J connectivity index is 1.63. The zero-order valence-electron chi connectivity index (χ0n) is 14.0. The van der Waals surface area contributed by atoms with Crippen molar-refractivity contribution in [2.75, 3.05) is 33.3 Å². The average Bonchev–Trinajstić information content (AvgIpc) is 3.00. The molecular formula is C18H26N4O. The van der Waals surface area contributed by atoms with Gasteiger partial charge in [-0.25, -0.2) is 4.68 Å². The van der Waals surface area contributed by atoms with Gasteiger partial charge in [-0.3, -0.25) is 4.90 Å². The Labute approximate surface area is 138 Å². The van der Waals surface area contributed by atoms with Gasteiger partial charge in [0.1, 0.15) is 0 Å². The van der Waals surface area contributed by atoms with Gasteiger partial charge < -0.3 is 10.0 Å². The minimum atomic E-state index is 0.258. The number of aliphatic hydroxyl groups excluding tert-OH is 1. The highest BCUT2D eigenvalue weighted by molar-refractivity contribution is 5.33. The molecule has 5 heteroatoms.